The second kappa shape index (κ2) is 7.56. The molecule has 1 atom stereocenters. The number of ketones is 1. The number of fused-ring (bicyclic) bond motifs is 1. The summed E-state index contributed by atoms with van der Waals surface area (Å²) in [5.41, 5.74) is 14.7. The summed E-state index contributed by atoms with van der Waals surface area (Å²) in [7, 11) is 1.69. The normalized spacial score (nSPS) is 21.0. The third-order valence-electron chi connectivity index (χ3n) is 4.88. The van der Waals surface area contributed by atoms with Gasteiger partial charge in [0.1, 0.15) is 5.70 Å². The Hall–Kier alpha value is -2.89. The van der Waals surface area contributed by atoms with Gasteiger partial charge in [0.05, 0.1) is 0 Å². The Labute approximate surface area is 153 Å². The van der Waals surface area contributed by atoms with Crippen molar-refractivity contribution < 1.29 is 9.59 Å². The van der Waals surface area contributed by atoms with Gasteiger partial charge < -0.3 is 16.4 Å². The molecule has 0 saturated heterocycles. The number of aliphatic imine (C=N–C) groups is 1. The summed E-state index contributed by atoms with van der Waals surface area (Å²) in [5, 5.41) is 0. The van der Waals surface area contributed by atoms with Crippen molar-refractivity contribution in [3.05, 3.63) is 58.9 Å². The van der Waals surface area contributed by atoms with Crippen LogP contribution in [0.3, 0.4) is 0 Å². The number of hydrogen-bond acceptors (Lipinski definition) is 5. The minimum atomic E-state index is -0.316. The topological polar surface area (TPSA) is 102 Å². The highest BCUT2D eigenvalue weighted by Crippen LogP contribution is 2.33. The fraction of sp³-hybridized carbons (Fsp3) is 0.350. The molecular weight excluding hydrogens is 328 g/mol. The average molecular weight is 352 g/mol. The monoisotopic (exact) mass is 352 g/mol. The van der Waals surface area contributed by atoms with Crippen LogP contribution in [0, 0.1) is 5.92 Å². The molecule has 6 nitrogen and oxygen atoms in total. The van der Waals surface area contributed by atoms with Crippen molar-refractivity contribution in [2.24, 2.45) is 22.4 Å². The van der Waals surface area contributed by atoms with Gasteiger partial charge >= 0.3 is 0 Å². The van der Waals surface area contributed by atoms with Crippen LogP contribution in [0.25, 0.3) is 0 Å². The molecule has 1 aromatic rings. The van der Waals surface area contributed by atoms with Gasteiger partial charge in [-0.2, -0.15) is 0 Å². The highest BCUT2D eigenvalue weighted by molar-refractivity contribution is 6.02. The molecule has 136 valence electrons. The Balaban J connectivity index is 1.88. The van der Waals surface area contributed by atoms with E-state index in [1.807, 2.05) is 24.3 Å². The van der Waals surface area contributed by atoms with Gasteiger partial charge in [0.25, 0.3) is 5.91 Å². The predicted molar refractivity (Wildman–Crippen MR) is 101 cm³/mol. The van der Waals surface area contributed by atoms with Crippen LogP contribution < -0.4 is 11.5 Å². The number of carbonyl (C=O) groups excluding carboxylic acids is 2. The number of carbonyl (C=O) groups is 2. The van der Waals surface area contributed by atoms with Gasteiger partial charge in [-0.05, 0) is 35.7 Å². The van der Waals surface area contributed by atoms with Crippen LogP contribution in [0.5, 0.6) is 0 Å². The number of benzene rings is 1. The lowest BCUT2D eigenvalue weighted by molar-refractivity contribution is -0.128. The second-order valence-electron chi connectivity index (χ2n) is 6.77. The number of rotatable bonds is 5. The summed E-state index contributed by atoms with van der Waals surface area (Å²) in [5.74, 6) is -0.401. The first-order chi connectivity index (χ1) is 12.5. The highest BCUT2D eigenvalue weighted by Gasteiger charge is 2.32. The van der Waals surface area contributed by atoms with Crippen LogP contribution in [0.15, 0.2) is 52.8 Å². The predicted octanol–water partition coefficient (Wildman–Crippen LogP) is 1.48. The van der Waals surface area contributed by atoms with Crippen molar-refractivity contribution >= 4 is 17.9 Å². The summed E-state index contributed by atoms with van der Waals surface area (Å²) in [6, 6.07) is 7.96. The van der Waals surface area contributed by atoms with E-state index in [0.717, 1.165) is 29.5 Å². The van der Waals surface area contributed by atoms with Crippen molar-refractivity contribution in [1.82, 2.24) is 4.90 Å². The maximum absolute atomic E-state index is 12.8. The molecule has 1 saturated carbocycles. The number of amides is 1. The summed E-state index contributed by atoms with van der Waals surface area (Å²) in [4.78, 5) is 30.5. The number of nitrogens with two attached hydrogens (primary N) is 2. The summed E-state index contributed by atoms with van der Waals surface area (Å²) in [6.45, 7) is 0.899. The van der Waals surface area contributed by atoms with E-state index < -0.39 is 0 Å². The maximum atomic E-state index is 12.8. The average Bonchev–Trinajstić information content (AvgIpc) is 3.50. The molecule has 6 heteroatoms. The minimum absolute atomic E-state index is 0.00229. The maximum Gasteiger partial charge on any atom is 0.270 e. The molecular formula is C20H24N4O2. The van der Waals surface area contributed by atoms with Gasteiger partial charge in [-0.3, -0.25) is 14.6 Å². The van der Waals surface area contributed by atoms with Crippen LogP contribution >= 0.6 is 0 Å². The first kappa shape index (κ1) is 17.9. The zero-order valence-electron chi connectivity index (χ0n) is 14.9. The molecule has 3 rings (SSSR count). The Bertz CT molecular complexity index is 806. The molecule has 0 bridgehead atoms. The minimum Gasteiger partial charge on any atom is -0.404 e. The first-order valence-corrected chi connectivity index (χ1v) is 8.77. The molecule has 1 aliphatic carbocycles. The molecule has 1 amide bonds. The molecule has 2 aliphatic rings. The van der Waals surface area contributed by atoms with Gasteiger partial charge in [0.15, 0.2) is 5.78 Å². The Kier molecular flexibility index (Phi) is 5.21. The molecule has 0 spiro atoms. The zero-order chi connectivity index (χ0) is 18.7. The van der Waals surface area contributed by atoms with Crippen molar-refractivity contribution in [2.45, 2.75) is 25.3 Å². The summed E-state index contributed by atoms with van der Waals surface area (Å²) >= 11 is 0. The van der Waals surface area contributed by atoms with Crippen molar-refractivity contribution in [2.75, 3.05) is 13.6 Å². The van der Waals surface area contributed by atoms with Crippen molar-refractivity contribution in [1.29, 1.82) is 0 Å². The van der Waals surface area contributed by atoms with Gasteiger partial charge in [-0.1, -0.05) is 24.3 Å². The van der Waals surface area contributed by atoms with E-state index in [-0.39, 0.29) is 29.2 Å². The second-order valence-corrected chi connectivity index (χ2v) is 6.77. The zero-order valence-corrected chi connectivity index (χ0v) is 14.9. The van der Waals surface area contributed by atoms with E-state index in [4.69, 9.17) is 11.5 Å². The third kappa shape index (κ3) is 3.69. The Morgan fingerprint density at radius 3 is 2.65 bits per heavy atom. The summed E-state index contributed by atoms with van der Waals surface area (Å²) in [6.07, 6.45) is 6.31. The van der Waals surface area contributed by atoms with Crippen molar-refractivity contribution in [3.63, 3.8) is 0 Å². The van der Waals surface area contributed by atoms with E-state index in [0.29, 0.717) is 13.1 Å². The SMILES string of the molecule is CN=CC(=CN)[C@H]1CN(C(=O)C(N)=CC(=O)C2CC2)Cc2ccccc21. The van der Waals surface area contributed by atoms with Crippen LogP contribution in [0.2, 0.25) is 0 Å². The van der Waals surface area contributed by atoms with E-state index in [1.54, 1.807) is 18.2 Å². The van der Waals surface area contributed by atoms with E-state index in [9.17, 15) is 9.59 Å². The van der Waals surface area contributed by atoms with Gasteiger partial charge in [-0.25, -0.2) is 0 Å². The number of nitrogens with zero attached hydrogens (tertiary/aromatic N) is 2. The first-order valence-electron chi connectivity index (χ1n) is 8.77. The lowest BCUT2D eigenvalue weighted by Crippen LogP contribution is -2.41. The standard InChI is InChI=1S/C20H24N4O2/c1-23-10-15(9-21)17-12-24(11-14-4-2-3-5-16(14)17)20(26)18(22)8-19(25)13-6-7-13/h2-5,8-10,13,17H,6-7,11-12,21-22H2,1H3/t17-/m1/s1. The molecule has 1 heterocycles. The lowest BCUT2D eigenvalue weighted by Gasteiger charge is -2.35. The van der Waals surface area contributed by atoms with Crippen LogP contribution in [-0.2, 0) is 16.1 Å². The van der Waals surface area contributed by atoms with Gasteiger partial charge in [0.2, 0.25) is 0 Å². The van der Waals surface area contributed by atoms with E-state index >= 15 is 0 Å². The number of hydrogen-bond donors (Lipinski definition) is 2. The van der Waals surface area contributed by atoms with Crippen LogP contribution in [0.4, 0.5) is 0 Å². The highest BCUT2D eigenvalue weighted by atomic mass is 16.2. The van der Waals surface area contributed by atoms with Crippen molar-refractivity contribution in [3.8, 4) is 0 Å². The molecule has 1 fully saturated rings. The van der Waals surface area contributed by atoms with Gasteiger partial charge in [-0.15, -0.1) is 0 Å². The summed E-state index contributed by atoms with van der Waals surface area (Å²) < 4.78 is 0. The third-order valence-corrected chi connectivity index (χ3v) is 4.88. The smallest absolute Gasteiger partial charge is 0.270 e. The fourth-order valence-electron chi connectivity index (χ4n) is 3.33. The quantitative estimate of drug-likeness (QED) is 0.619. The van der Waals surface area contributed by atoms with Gasteiger partial charge in [0, 0.05) is 44.3 Å². The molecule has 0 unspecified atom stereocenters. The largest absolute Gasteiger partial charge is 0.404 e. The van der Waals surface area contributed by atoms with Crippen LogP contribution in [0.1, 0.15) is 29.9 Å². The molecule has 0 aromatic heterocycles. The number of allylic oxidation sites excluding steroid dienone is 1. The van der Waals surface area contributed by atoms with E-state index in [1.165, 1.54) is 12.3 Å². The Morgan fingerprint density at radius 1 is 1.27 bits per heavy atom. The molecule has 0 radical (unpaired) electrons. The van der Waals surface area contributed by atoms with Crippen LogP contribution in [-0.4, -0.2) is 36.4 Å². The lowest BCUT2D eigenvalue weighted by atomic mass is 9.85. The fourth-order valence-corrected chi connectivity index (χ4v) is 3.33. The molecule has 1 aromatic carbocycles. The molecule has 4 N–H and O–H groups in total. The Morgan fingerprint density at radius 2 is 2.00 bits per heavy atom. The van der Waals surface area contributed by atoms with E-state index in [2.05, 4.69) is 4.99 Å². The molecule has 26 heavy (non-hydrogen) atoms. The molecule has 1 aliphatic heterocycles.